The Balaban J connectivity index is 1.45. The van der Waals surface area contributed by atoms with Crippen LogP contribution in [-0.4, -0.2) is 31.7 Å². The second-order valence-corrected chi connectivity index (χ2v) is 8.88. The van der Waals surface area contributed by atoms with Crippen molar-refractivity contribution < 1.29 is 19.4 Å². The number of aromatic nitrogens is 2. The largest absolute Gasteiger partial charge is 0.507 e. The number of pyridine rings is 2. The van der Waals surface area contributed by atoms with Gasteiger partial charge < -0.3 is 14.7 Å². The van der Waals surface area contributed by atoms with Crippen LogP contribution in [0, 0.1) is 6.92 Å². The van der Waals surface area contributed by atoms with E-state index in [4.69, 9.17) is 4.74 Å². The number of aliphatic hydroxyl groups excluding tert-OH is 1. The number of aliphatic hydroxyl groups is 1. The summed E-state index contributed by atoms with van der Waals surface area (Å²) in [6.07, 6.45) is 6.51. The number of aryl methyl sites for hydroxylation is 1. The minimum atomic E-state index is -0.786. The van der Waals surface area contributed by atoms with Gasteiger partial charge in [0, 0.05) is 36.9 Å². The third-order valence-corrected chi connectivity index (χ3v) is 6.23. The fourth-order valence-corrected chi connectivity index (χ4v) is 4.45. The van der Waals surface area contributed by atoms with Gasteiger partial charge >= 0.3 is 0 Å². The molecule has 3 heterocycles. The fourth-order valence-electron chi connectivity index (χ4n) is 4.45. The number of ether oxygens (including phenoxy) is 1. The molecule has 2 aromatic heterocycles. The van der Waals surface area contributed by atoms with E-state index in [1.807, 2.05) is 31.2 Å². The molecule has 1 aliphatic heterocycles. The molecular formula is C30H25N3O4. The molecule has 37 heavy (non-hydrogen) atoms. The molecule has 1 fully saturated rings. The normalized spacial score (nSPS) is 16.7. The number of hydrogen-bond acceptors (Lipinski definition) is 6. The summed E-state index contributed by atoms with van der Waals surface area (Å²) in [7, 11) is 0. The summed E-state index contributed by atoms with van der Waals surface area (Å²) >= 11 is 0. The molecule has 1 atom stereocenters. The Morgan fingerprint density at radius 2 is 1.65 bits per heavy atom. The van der Waals surface area contributed by atoms with Crippen molar-refractivity contribution in [2.45, 2.75) is 26.1 Å². The van der Waals surface area contributed by atoms with Crippen LogP contribution in [-0.2, 0) is 22.7 Å². The summed E-state index contributed by atoms with van der Waals surface area (Å²) in [6, 6.07) is 21.2. The number of amides is 1. The zero-order chi connectivity index (χ0) is 25.8. The van der Waals surface area contributed by atoms with Crippen LogP contribution in [0.25, 0.3) is 5.76 Å². The van der Waals surface area contributed by atoms with Gasteiger partial charge in [-0.1, -0.05) is 42.0 Å². The second kappa shape index (κ2) is 10.5. The molecule has 1 aliphatic rings. The van der Waals surface area contributed by atoms with Crippen molar-refractivity contribution >= 4 is 17.4 Å². The molecule has 2 aromatic carbocycles. The standard InChI is InChI=1S/C30H25N3O4/c1-20-5-2-6-21(15-20)19-37-25-11-9-23(10-12-25)28(34)26-27(24-8-4-14-32-17-24)33(30(36)29(26)35)18-22-7-3-13-31-16-22/h2-17,27,34H,18-19H2,1H3/b28-26+/t27-/m0/s1. The molecule has 5 rings (SSSR count). The van der Waals surface area contributed by atoms with Gasteiger partial charge in [0.05, 0.1) is 11.6 Å². The fraction of sp³-hybridized carbons (Fsp3) is 0.133. The summed E-state index contributed by atoms with van der Waals surface area (Å²) in [5.41, 5.74) is 4.05. The van der Waals surface area contributed by atoms with Crippen LogP contribution >= 0.6 is 0 Å². The molecule has 1 saturated heterocycles. The van der Waals surface area contributed by atoms with Crippen LogP contribution in [0.1, 0.15) is 33.9 Å². The van der Waals surface area contributed by atoms with Gasteiger partial charge in [0.1, 0.15) is 18.1 Å². The number of rotatable bonds is 7. The highest BCUT2D eigenvalue weighted by molar-refractivity contribution is 6.46. The van der Waals surface area contributed by atoms with Crippen molar-refractivity contribution in [3.05, 3.63) is 131 Å². The van der Waals surface area contributed by atoms with Crippen molar-refractivity contribution in [2.75, 3.05) is 0 Å². The van der Waals surface area contributed by atoms with E-state index in [9.17, 15) is 14.7 Å². The topological polar surface area (TPSA) is 92.6 Å². The van der Waals surface area contributed by atoms with Crippen molar-refractivity contribution in [3.8, 4) is 5.75 Å². The number of Topliss-reactive ketones (excluding diaryl/α,β-unsaturated/α-hetero) is 1. The van der Waals surface area contributed by atoms with E-state index in [1.54, 1.807) is 67.3 Å². The summed E-state index contributed by atoms with van der Waals surface area (Å²) in [5, 5.41) is 11.3. The van der Waals surface area contributed by atoms with E-state index < -0.39 is 17.7 Å². The SMILES string of the molecule is Cc1cccc(COc2ccc(/C(O)=C3\C(=O)C(=O)N(Cc4cccnc4)[C@H]3c3cccnc3)cc2)c1. The molecule has 0 aliphatic carbocycles. The summed E-state index contributed by atoms with van der Waals surface area (Å²) in [6.45, 7) is 2.61. The molecule has 0 saturated carbocycles. The number of likely N-dealkylation sites (tertiary alicyclic amines) is 1. The van der Waals surface area contributed by atoms with Crippen molar-refractivity contribution in [3.63, 3.8) is 0 Å². The number of hydrogen-bond donors (Lipinski definition) is 1. The molecule has 0 radical (unpaired) electrons. The molecule has 0 unspecified atom stereocenters. The smallest absolute Gasteiger partial charge is 0.295 e. The van der Waals surface area contributed by atoms with Crippen molar-refractivity contribution in [1.82, 2.24) is 14.9 Å². The Kier molecular flexibility index (Phi) is 6.76. The van der Waals surface area contributed by atoms with Crippen LogP contribution in [0.5, 0.6) is 5.75 Å². The predicted molar refractivity (Wildman–Crippen MR) is 138 cm³/mol. The lowest BCUT2D eigenvalue weighted by Crippen LogP contribution is -2.29. The third-order valence-electron chi connectivity index (χ3n) is 6.23. The highest BCUT2D eigenvalue weighted by Crippen LogP contribution is 2.40. The summed E-state index contributed by atoms with van der Waals surface area (Å²) < 4.78 is 5.88. The van der Waals surface area contributed by atoms with E-state index in [-0.39, 0.29) is 17.9 Å². The van der Waals surface area contributed by atoms with Gasteiger partial charge in [-0.2, -0.15) is 0 Å². The maximum absolute atomic E-state index is 13.2. The Morgan fingerprint density at radius 1 is 0.919 bits per heavy atom. The van der Waals surface area contributed by atoms with Crippen molar-refractivity contribution in [2.24, 2.45) is 0 Å². The van der Waals surface area contributed by atoms with Crippen LogP contribution in [0.2, 0.25) is 0 Å². The molecule has 1 N–H and O–H groups in total. The van der Waals surface area contributed by atoms with E-state index in [0.717, 1.165) is 16.7 Å². The Bertz CT molecular complexity index is 1450. The van der Waals surface area contributed by atoms with Crippen LogP contribution < -0.4 is 4.74 Å². The average molecular weight is 492 g/mol. The first-order valence-corrected chi connectivity index (χ1v) is 11.9. The van der Waals surface area contributed by atoms with Crippen LogP contribution in [0.4, 0.5) is 0 Å². The molecule has 4 aromatic rings. The lowest BCUT2D eigenvalue weighted by molar-refractivity contribution is -0.140. The number of nitrogens with zero attached hydrogens (tertiary/aromatic N) is 3. The maximum atomic E-state index is 13.2. The van der Waals surface area contributed by atoms with Crippen LogP contribution in [0.15, 0.2) is 103 Å². The van der Waals surface area contributed by atoms with Gasteiger partial charge in [0.2, 0.25) is 0 Å². The molecule has 7 heteroatoms. The highest BCUT2D eigenvalue weighted by Gasteiger charge is 2.46. The van der Waals surface area contributed by atoms with E-state index in [2.05, 4.69) is 16.0 Å². The highest BCUT2D eigenvalue weighted by atomic mass is 16.5. The van der Waals surface area contributed by atoms with Gasteiger partial charge in [0.15, 0.2) is 0 Å². The average Bonchev–Trinajstić information content (AvgIpc) is 3.18. The maximum Gasteiger partial charge on any atom is 0.295 e. The van der Waals surface area contributed by atoms with E-state index in [0.29, 0.717) is 23.5 Å². The van der Waals surface area contributed by atoms with Gasteiger partial charge in [0.25, 0.3) is 11.7 Å². The lowest BCUT2D eigenvalue weighted by Gasteiger charge is -2.25. The molecule has 184 valence electrons. The van der Waals surface area contributed by atoms with E-state index >= 15 is 0 Å². The molecule has 1 amide bonds. The minimum Gasteiger partial charge on any atom is -0.507 e. The quantitative estimate of drug-likeness (QED) is 0.223. The molecule has 0 bridgehead atoms. The Hall–Kier alpha value is -4.78. The zero-order valence-corrected chi connectivity index (χ0v) is 20.2. The molecule has 0 spiro atoms. The lowest BCUT2D eigenvalue weighted by atomic mass is 9.96. The number of carbonyl (C=O) groups is 2. The first-order chi connectivity index (χ1) is 18.0. The van der Waals surface area contributed by atoms with Gasteiger partial charge in [-0.15, -0.1) is 0 Å². The van der Waals surface area contributed by atoms with Gasteiger partial charge in [-0.3, -0.25) is 19.6 Å². The van der Waals surface area contributed by atoms with Crippen molar-refractivity contribution in [1.29, 1.82) is 0 Å². The third kappa shape index (κ3) is 5.11. The second-order valence-electron chi connectivity index (χ2n) is 8.88. The Morgan fingerprint density at radius 3 is 2.32 bits per heavy atom. The minimum absolute atomic E-state index is 0.0234. The van der Waals surface area contributed by atoms with Gasteiger partial charge in [-0.25, -0.2) is 0 Å². The monoisotopic (exact) mass is 491 g/mol. The molecule has 7 nitrogen and oxygen atoms in total. The Labute approximate surface area is 214 Å². The predicted octanol–water partition coefficient (Wildman–Crippen LogP) is 4.99. The first kappa shape index (κ1) is 23.9. The first-order valence-electron chi connectivity index (χ1n) is 11.9. The number of carbonyl (C=O) groups excluding carboxylic acids is 2. The van der Waals surface area contributed by atoms with Gasteiger partial charge in [-0.05, 0) is 60.0 Å². The molecular weight excluding hydrogens is 466 g/mol. The summed E-state index contributed by atoms with van der Waals surface area (Å²) in [4.78, 5) is 36.0. The zero-order valence-electron chi connectivity index (χ0n) is 20.2. The van der Waals surface area contributed by atoms with Crippen LogP contribution in [0.3, 0.4) is 0 Å². The van der Waals surface area contributed by atoms with E-state index in [1.165, 1.54) is 4.90 Å². The number of benzene rings is 2. The summed E-state index contributed by atoms with van der Waals surface area (Å²) in [5.74, 6) is -1.04. The number of ketones is 1.